The molecule has 2 heterocycles. The minimum atomic E-state index is -0.710. The summed E-state index contributed by atoms with van der Waals surface area (Å²) in [4.78, 5) is 40.1. The average Bonchev–Trinajstić information content (AvgIpc) is 3.31. The zero-order valence-corrected chi connectivity index (χ0v) is 17.3. The smallest absolute Gasteiger partial charge is 0.338 e. The van der Waals surface area contributed by atoms with Crippen molar-refractivity contribution in [2.75, 3.05) is 47.0 Å². The first-order valence-electron chi connectivity index (χ1n) is 9.13. The molecule has 1 aromatic heterocycles. The van der Waals surface area contributed by atoms with Crippen LogP contribution in [0.15, 0.2) is 34.9 Å². The van der Waals surface area contributed by atoms with Gasteiger partial charge in [-0.05, 0) is 24.3 Å². The van der Waals surface area contributed by atoms with Gasteiger partial charge >= 0.3 is 5.97 Å². The third-order valence-electron chi connectivity index (χ3n) is 4.65. The number of piperazine rings is 1. The first kappa shape index (κ1) is 21.5. The molecule has 1 aromatic carbocycles. The van der Waals surface area contributed by atoms with E-state index in [-0.39, 0.29) is 33.9 Å². The predicted octanol–water partition coefficient (Wildman–Crippen LogP) is 2.09. The Balaban J connectivity index is 1.52. The Morgan fingerprint density at radius 2 is 1.77 bits per heavy atom. The van der Waals surface area contributed by atoms with Crippen LogP contribution >= 0.6 is 11.6 Å². The van der Waals surface area contributed by atoms with Crippen molar-refractivity contribution in [2.45, 2.75) is 0 Å². The first-order chi connectivity index (χ1) is 14.4. The summed E-state index contributed by atoms with van der Waals surface area (Å²) in [6.45, 7) is 0.988. The van der Waals surface area contributed by atoms with E-state index in [9.17, 15) is 14.4 Å². The van der Waals surface area contributed by atoms with E-state index in [1.807, 2.05) is 0 Å². The SMILES string of the molecule is COc1cc(C(=O)OCC(=O)N2CCN(C(=O)c3ccco3)CC2)cc(Cl)c1OC. The molecule has 1 aliphatic rings. The van der Waals surface area contributed by atoms with Gasteiger partial charge in [0.05, 0.1) is 31.1 Å². The molecule has 3 rings (SSSR count). The fourth-order valence-corrected chi connectivity index (χ4v) is 3.34. The van der Waals surface area contributed by atoms with Crippen LogP contribution in [0, 0.1) is 0 Å². The highest BCUT2D eigenvalue weighted by Gasteiger charge is 2.27. The van der Waals surface area contributed by atoms with Gasteiger partial charge in [0, 0.05) is 26.2 Å². The number of rotatable bonds is 6. The second-order valence-electron chi connectivity index (χ2n) is 6.42. The van der Waals surface area contributed by atoms with Gasteiger partial charge in [0.1, 0.15) is 0 Å². The predicted molar refractivity (Wildman–Crippen MR) is 106 cm³/mol. The fraction of sp³-hybridized carbons (Fsp3) is 0.350. The number of carbonyl (C=O) groups is 3. The fourth-order valence-electron chi connectivity index (χ4n) is 3.05. The topological polar surface area (TPSA) is 98.5 Å². The minimum Gasteiger partial charge on any atom is -0.493 e. The lowest BCUT2D eigenvalue weighted by atomic mass is 10.2. The number of hydrogen-bond acceptors (Lipinski definition) is 7. The molecule has 1 aliphatic heterocycles. The van der Waals surface area contributed by atoms with Gasteiger partial charge in [-0.3, -0.25) is 9.59 Å². The van der Waals surface area contributed by atoms with Crippen LogP contribution in [0.1, 0.15) is 20.9 Å². The lowest BCUT2D eigenvalue weighted by Crippen LogP contribution is -2.51. The largest absolute Gasteiger partial charge is 0.493 e. The number of carbonyl (C=O) groups excluding carboxylic acids is 3. The standard InChI is InChI=1S/C20H21ClN2O7/c1-27-16-11-13(10-14(21)18(16)28-2)20(26)30-12-17(24)22-5-7-23(8-6-22)19(25)15-4-3-9-29-15/h3-4,9-11H,5-8,12H2,1-2H3. The van der Waals surface area contributed by atoms with E-state index in [2.05, 4.69) is 0 Å². The van der Waals surface area contributed by atoms with E-state index < -0.39 is 12.6 Å². The second kappa shape index (κ2) is 9.53. The van der Waals surface area contributed by atoms with Crippen molar-refractivity contribution in [1.29, 1.82) is 0 Å². The number of amides is 2. The van der Waals surface area contributed by atoms with Crippen LogP contribution in [-0.4, -0.2) is 74.6 Å². The summed E-state index contributed by atoms with van der Waals surface area (Å²) in [6, 6.07) is 6.05. The number of furan rings is 1. The van der Waals surface area contributed by atoms with Crippen LogP contribution in [0.4, 0.5) is 0 Å². The minimum absolute atomic E-state index is 0.138. The molecule has 2 aromatic rings. The van der Waals surface area contributed by atoms with Crippen LogP contribution in [-0.2, 0) is 9.53 Å². The van der Waals surface area contributed by atoms with Crippen LogP contribution in [0.25, 0.3) is 0 Å². The summed E-state index contributed by atoms with van der Waals surface area (Å²) in [7, 11) is 2.85. The van der Waals surface area contributed by atoms with Gasteiger partial charge in [0.25, 0.3) is 11.8 Å². The van der Waals surface area contributed by atoms with Crippen molar-refractivity contribution in [1.82, 2.24) is 9.80 Å². The number of ether oxygens (including phenoxy) is 3. The molecule has 2 amide bonds. The molecule has 9 nitrogen and oxygen atoms in total. The maximum absolute atomic E-state index is 12.4. The zero-order chi connectivity index (χ0) is 21.7. The van der Waals surface area contributed by atoms with Crippen LogP contribution in [0.2, 0.25) is 5.02 Å². The average molecular weight is 437 g/mol. The Kier molecular flexibility index (Phi) is 6.83. The van der Waals surface area contributed by atoms with E-state index in [1.54, 1.807) is 21.9 Å². The number of esters is 1. The Bertz CT molecular complexity index is 921. The highest BCUT2D eigenvalue weighted by Crippen LogP contribution is 2.36. The highest BCUT2D eigenvalue weighted by atomic mass is 35.5. The van der Waals surface area contributed by atoms with Crippen LogP contribution < -0.4 is 9.47 Å². The molecule has 0 N–H and O–H groups in total. The quantitative estimate of drug-likeness (QED) is 0.639. The van der Waals surface area contributed by atoms with E-state index in [0.717, 1.165) is 0 Å². The molecule has 30 heavy (non-hydrogen) atoms. The summed E-state index contributed by atoms with van der Waals surface area (Å²) >= 11 is 6.09. The Morgan fingerprint density at radius 1 is 1.07 bits per heavy atom. The maximum atomic E-state index is 12.4. The molecule has 0 aliphatic carbocycles. The van der Waals surface area contributed by atoms with Gasteiger partial charge in [-0.15, -0.1) is 0 Å². The molecule has 1 saturated heterocycles. The normalized spacial score (nSPS) is 13.7. The summed E-state index contributed by atoms with van der Waals surface area (Å²) in [5.74, 6) is -0.437. The number of halogens is 1. The molecule has 1 fully saturated rings. The molecular weight excluding hydrogens is 416 g/mol. The monoisotopic (exact) mass is 436 g/mol. The Hall–Kier alpha value is -3.20. The van der Waals surface area contributed by atoms with E-state index in [0.29, 0.717) is 31.9 Å². The van der Waals surface area contributed by atoms with E-state index in [4.69, 9.17) is 30.2 Å². The maximum Gasteiger partial charge on any atom is 0.338 e. The Morgan fingerprint density at radius 3 is 2.37 bits per heavy atom. The number of methoxy groups -OCH3 is 2. The van der Waals surface area contributed by atoms with Crippen LogP contribution in [0.5, 0.6) is 11.5 Å². The highest BCUT2D eigenvalue weighted by molar-refractivity contribution is 6.32. The van der Waals surface area contributed by atoms with Gasteiger partial charge < -0.3 is 28.4 Å². The van der Waals surface area contributed by atoms with Gasteiger partial charge in [0.2, 0.25) is 0 Å². The van der Waals surface area contributed by atoms with Gasteiger partial charge in [-0.25, -0.2) is 4.79 Å². The zero-order valence-electron chi connectivity index (χ0n) is 16.6. The van der Waals surface area contributed by atoms with Crippen LogP contribution in [0.3, 0.4) is 0 Å². The van der Waals surface area contributed by atoms with Crippen molar-refractivity contribution in [3.8, 4) is 11.5 Å². The molecule has 0 spiro atoms. The van der Waals surface area contributed by atoms with E-state index >= 15 is 0 Å². The summed E-state index contributed by atoms with van der Waals surface area (Å²) in [5, 5.41) is 0.187. The molecule has 10 heteroatoms. The first-order valence-corrected chi connectivity index (χ1v) is 9.51. The molecule has 0 unspecified atom stereocenters. The molecule has 160 valence electrons. The third-order valence-corrected chi connectivity index (χ3v) is 4.93. The van der Waals surface area contributed by atoms with Crippen molar-refractivity contribution >= 4 is 29.4 Å². The number of hydrogen-bond donors (Lipinski definition) is 0. The lowest BCUT2D eigenvalue weighted by Gasteiger charge is -2.34. The molecule has 0 saturated carbocycles. The number of benzene rings is 1. The summed E-state index contributed by atoms with van der Waals surface area (Å²) < 4.78 is 20.5. The summed E-state index contributed by atoms with van der Waals surface area (Å²) in [5.41, 5.74) is 0.138. The van der Waals surface area contributed by atoms with E-state index in [1.165, 1.54) is 32.6 Å². The molecular formula is C20H21ClN2O7. The van der Waals surface area contributed by atoms with Gasteiger partial charge in [-0.2, -0.15) is 0 Å². The Labute approximate surface area is 178 Å². The second-order valence-corrected chi connectivity index (χ2v) is 6.83. The van der Waals surface area contributed by atoms with Crippen molar-refractivity contribution < 1.29 is 33.0 Å². The van der Waals surface area contributed by atoms with Crippen molar-refractivity contribution in [3.05, 3.63) is 46.9 Å². The van der Waals surface area contributed by atoms with Crippen molar-refractivity contribution in [3.63, 3.8) is 0 Å². The molecule has 0 atom stereocenters. The van der Waals surface area contributed by atoms with Crippen molar-refractivity contribution in [2.24, 2.45) is 0 Å². The van der Waals surface area contributed by atoms with Gasteiger partial charge in [-0.1, -0.05) is 11.6 Å². The molecule has 0 radical (unpaired) electrons. The third kappa shape index (κ3) is 4.68. The molecule has 0 bridgehead atoms. The lowest BCUT2D eigenvalue weighted by molar-refractivity contribution is -0.136. The van der Waals surface area contributed by atoms with Gasteiger partial charge in [0.15, 0.2) is 23.9 Å². The number of nitrogens with zero attached hydrogens (tertiary/aromatic N) is 2. The summed E-state index contributed by atoms with van der Waals surface area (Å²) in [6.07, 6.45) is 1.44.